The highest BCUT2D eigenvalue weighted by molar-refractivity contribution is 7.98. The fraction of sp³-hybridized carbons (Fsp3) is 0.444. The van der Waals surface area contributed by atoms with Crippen LogP contribution >= 0.6 is 23.1 Å². The number of thiazole rings is 1. The molecule has 0 aromatic carbocycles. The molecule has 2 heterocycles. The number of fused-ring (bicyclic) bond motifs is 1. The zero-order valence-corrected chi connectivity index (χ0v) is 12.7. The van der Waals surface area contributed by atoms with Crippen LogP contribution in [0, 0.1) is 0 Å². The Hall–Kier alpha value is -0.810. The van der Waals surface area contributed by atoms with Gasteiger partial charge in [0.05, 0.1) is 0 Å². The molecule has 106 valence electrons. The summed E-state index contributed by atoms with van der Waals surface area (Å²) in [4.78, 5) is 4.70. The Labute approximate surface area is 119 Å². The highest BCUT2D eigenvalue weighted by atomic mass is 32.2. The first-order chi connectivity index (χ1) is 9.10. The zero-order valence-electron chi connectivity index (χ0n) is 10.3. The van der Waals surface area contributed by atoms with Crippen LogP contribution in [0.4, 0.5) is 5.82 Å². The highest BCUT2D eigenvalue weighted by Gasteiger charge is 2.25. The van der Waals surface area contributed by atoms with Crippen molar-refractivity contribution in [3.8, 4) is 0 Å². The van der Waals surface area contributed by atoms with Crippen molar-refractivity contribution in [1.29, 1.82) is 0 Å². The molecule has 7 nitrogen and oxygen atoms in total. The number of aromatic nitrogens is 2. The zero-order chi connectivity index (χ0) is 13.9. The van der Waals surface area contributed by atoms with Crippen LogP contribution in [0.25, 0.3) is 4.96 Å². The van der Waals surface area contributed by atoms with Crippen LogP contribution in [-0.2, 0) is 10.0 Å². The molecule has 19 heavy (non-hydrogen) atoms. The quantitative estimate of drug-likeness (QED) is 0.394. The van der Waals surface area contributed by atoms with Gasteiger partial charge in [0.1, 0.15) is 0 Å². The molecule has 0 unspecified atom stereocenters. The van der Waals surface area contributed by atoms with Gasteiger partial charge >= 0.3 is 0 Å². The Morgan fingerprint density at radius 3 is 3.05 bits per heavy atom. The van der Waals surface area contributed by atoms with E-state index in [4.69, 9.17) is 5.84 Å². The second-order valence-electron chi connectivity index (χ2n) is 3.71. The average molecular weight is 321 g/mol. The van der Waals surface area contributed by atoms with Gasteiger partial charge in [0.25, 0.3) is 10.0 Å². The lowest BCUT2D eigenvalue weighted by atomic mass is 10.5. The maximum atomic E-state index is 12.3. The molecule has 0 bridgehead atoms. The molecule has 0 radical (unpaired) electrons. The fourth-order valence-corrected chi connectivity index (χ4v) is 4.13. The van der Waals surface area contributed by atoms with E-state index in [1.165, 1.54) is 15.7 Å². The van der Waals surface area contributed by atoms with Crippen molar-refractivity contribution >= 4 is 43.9 Å². The minimum absolute atomic E-state index is 0.0513. The summed E-state index contributed by atoms with van der Waals surface area (Å²) in [6, 6.07) is 0. The summed E-state index contributed by atoms with van der Waals surface area (Å²) in [5, 5.41) is 1.82. The van der Waals surface area contributed by atoms with Crippen molar-refractivity contribution in [2.75, 3.05) is 24.0 Å². The normalized spacial score (nSPS) is 12.1. The molecule has 0 aliphatic heterocycles. The van der Waals surface area contributed by atoms with E-state index in [2.05, 4.69) is 15.1 Å². The number of nitrogen functional groups attached to an aromatic ring is 1. The summed E-state index contributed by atoms with van der Waals surface area (Å²) in [5.41, 5.74) is 2.33. The Morgan fingerprint density at radius 2 is 2.37 bits per heavy atom. The van der Waals surface area contributed by atoms with Crippen LogP contribution in [0.2, 0.25) is 0 Å². The smallest absolute Gasteiger partial charge is 0.260 e. The van der Waals surface area contributed by atoms with Crippen molar-refractivity contribution < 1.29 is 8.42 Å². The van der Waals surface area contributed by atoms with E-state index in [-0.39, 0.29) is 10.8 Å². The van der Waals surface area contributed by atoms with Crippen molar-refractivity contribution in [1.82, 2.24) is 14.1 Å². The predicted octanol–water partition coefficient (Wildman–Crippen LogP) is 0.713. The topological polar surface area (TPSA) is 102 Å². The van der Waals surface area contributed by atoms with Crippen molar-refractivity contribution in [2.24, 2.45) is 5.84 Å². The van der Waals surface area contributed by atoms with E-state index >= 15 is 0 Å². The third-order valence-corrected chi connectivity index (χ3v) is 5.36. The lowest BCUT2D eigenvalue weighted by molar-refractivity contribution is 0.576. The number of hydrogen-bond donors (Lipinski definition) is 3. The van der Waals surface area contributed by atoms with Crippen LogP contribution in [0.5, 0.6) is 0 Å². The average Bonchev–Trinajstić information content (AvgIpc) is 2.93. The van der Waals surface area contributed by atoms with E-state index in [1.54, 1.807) is 23.3 Å². The molecular weight excluding hydrogens is 306 g/mol. The van der Waals surface area contributed by atoms with Gasteiger partial charge in [-0.3, -0.25) is 4.40 Å². The van der Waals surface area contributed by atoms with E-state index < -0.39 is 10.0 Å². The van der Waals surface area contributed by atoms with Gasteiger partial charge in [0.2, 0.25) is 5.03 Å². The predicted molar refractivity (Wildman–Crippen MR) is 79.1 cm³/mol. The number of rotatable bonds is 7. The Kier molecular flexibility index (Phi) is 4.68. The third-order valence-electron chi connectivity index (χ3n) is 2.43. The van der Waals surface area contributed by atoms with E-state index in [9.17, 15) is 8.42 Å². The summed E-state index contributed by atoms with van der Waals surface area (Å²) in [7, 11) is -3.63. The summed E-state index contributed by atoms with van der Waals surface area (Å²) in [6.07, 6.45) is 4.42. The highest BCUT2D eigenvalue weighted by Crippen LogP contribution is 2.24. The maximum Gasteiger partial charge on any atom is 0.260 e. The second-order valence-corrected chi connectivity index (χ2v) is 7.25. The number of nitrogens with one attached hydrogen (secondary N) is 2. The van der Waals surface area contributed by atoms with Crippen LogP contribution in [0.15, 0.2) is 16.6 Å². The van der Waals surface area contributed by atoms with Gasteiger partial charge in [-0.25, -0.2) is 19.0 Å². The molecule has 0 saturated heterocycles. The minimum atomic E-state index is -3.63. The molecule has 0 atom stereocenters. The van der Waals surface area contributed by atoms with Crippen LogP contribution in [0.3, 0.4) is 0 Å². The van der Waals surface area contributed by atoms with Crippen LogP contribution in [-0.4, -0.2) is 36.4 Å². The Balaban J connectivity index is 2.28. The number of nitrogens with two attached hydrogens (primary N) is 1. The van der Waals surface area contributed by atoms with Crippen LogP contribution in [0.1, 0.15) is 6.42 Å². The molecule has 10 heteroatoms. The maximum absolute atomic E-state index is 12.3. The molecule has 0 amide bonds. The monoisotopic (exact) mass is 321 g/mol. The summed E-state index contributed by atoms with van der Waals surface area (Å²) >= 11 is 3.02. The molecule has 0 spiro atoms. The summed E-state index contributed by atoms with van der Waals surface area (Å²) in [6.45, 7) is 0.393. The number of hydrazine groups is 1. The van der Waals surface area contributed by atoms with E-state index in [1.807, 2.05) is 6.26 Å². The number of sulfonamides is 1. The van der Waals surface area contributed by atoms with E-state index in [0.717, 1.165) is 12.2 Å². The largest absolute Gasteiger partial charge is 0.306 e. The van der Waals surface area contributed by atoms with Crippen molar-refractivity contribution in [2.45, 2.75) is 11.4 Å². The molecule has 2 aromatic heterocycles. The summed E-state index contributed by atoms with van der Waals surface area (Å²) in [5.74, 6) is 6.39. The molecule has 2 rings (SSSR count). The fourth-order valence-electron chi connectivity index (χ4n) is 1.61. The van der Waals surface area contributed by atoms with Crippen LogP contribution < -0.4 is 16.0 Å². The second kappa shape index (κ2) is 6.09. The molecule has 4 N–H and O–H groups in total. The number of hydrogen-bond acceptors (Lipinski definition) is 7. The molecule has 2 aromatic rings. The van der Waals surface area contributed by atoms with Gasteiger partial charge in [-0.15, -0.1) is 11.3 Å². The van der Waals surface area contributed by atoms with Gasteiger partial charge < -0.3 is 5.43 Å². The first-order valence-corrected chi connectivity index (χ1v) is 9.26. The summed E-state index contributed by atoms with van der Waals surface area (Å²) < 4.78 is 28.6. The van der Waals surface area contributed by atoms with E-state index in [0.29, 0.717) is 11.5 Å². The van der Waals surface area contributed by atoms with Gasteiger partial charge in [0, 0.05) is 18.1 Å². The Bertz CT molecular complexity index is 648. The molecule has 0 saturated carbocycles. The van der Waals surface area contributed by atoms with Crippen molar-refractivity contribution in [3.63, 3.8) is 0 Å². The lowest BCUT2D eigenvalue weighted by Crippen LogP contribution is -2.27. The van der Waals surface area contributed by atoms with Gasteiger partial charge in [-0.2, -0.15) is 16.7 Å². The van der Waals surface area contributed by atoms with Gasteiger partial charge in [-0.05, 0) is 18.4 Å². The van der Waals surface area contributed by atoms with Gasteiger partial charge in [0.15, 0.2) is 10.8 Å². The third kappa shape index (κ3) is 3.03. The molecule has 0 aliphatic rings. The van der Waals surface area contributed by atoms with Crippen molar-refractivity contribution in [3.05, 3.63) is 11.6 Å². The first-order valence-electron chi connectivity index (χ1n) is 5.51. The number of anilines is 1. The number of imidazole rings is 1. The SMILES string of the molecule is CSCCCNS(=O)(=O)c1c(NN)nc2sccn12. The standard InChI is InChI=1S/C9H15N5O2S3/c1-17-5-2-3-11-19(15,16)8-7(13-10)12-9-14(8)4-6-18-9/h4,6,11,13H,2-3,5,10H2,1H3. The molecule has 0 aliphatic carbocycles. The Morgan fingerprint density at radius 1 is 1.58 bits per heavy atom. The lowest BCUT2D eigenvalue weighted by Gasteiger charge is -2.07. The molecule has 0 fully saturated rings. The van der Waals surface area contributed by atoms with Gasteiger partial charge in [-0.1, -0.05) is 0 Å². The minimum Gasteiger partial charge on any atom is -0.306 e. The first kappa shape index (κ1) is 14.6. The molecular formula is C9H15N5O2S3. The number of thioether (sulfide) groups is 1. The number of nitrogens with zero attached hydrogens (tertiary/aromatic N) is 2.